The van der Waals surface area contributed by atoms with Gasteiger partial charge < -0.3 is 20.5 Å². The number of piperidine rings is 1. The predicted octanol–water partition coefficient (Wildman–Crippen LogP) is 2.61. The van der Waals surface area contributed by atoms with Crippen molar-refractivity contribution in [3.8, 4) is 5.75 Å². The van der Waals surface area contributed by atoms with Crippen LogP contribution in [0.15, 0.2) is 18.2 Å². The number of ether oxygens (including phenoxy) is 1. The van der Waals surface area contributed by atoms with Gasteiger partial charge in [0, 0.05) is 18.7 Å². The van der Waals surface area contributed by atoms with Crippen molar-refractivity contribution in [1.29, 1.82) is 0 Å². The highest BCUT2D eigenvalue weighted by Crippen LogP contribution is 2.34. The highest BCUT2D eigenvalue weighted by Gasteiger charge is 2.28. The van der Waals surface area contributed by atoms with Gasteiger partial charge in [-0.2, -0.15) is 0 Å². The average Bonchev–Trinajstić information content (AvgIpc) is 2.45. The number of aromatic hydroxyl groups is 1. The molecule has 0 saturated carbocycles. The first-order valence-electron chi connectivity index (χ1n) is 7.78. The summed E-state index contributed by atoms with van der Waals surface area (Å²) in [6, 6.07) is 4.76. The topological polar surface area (TPSA) is 92.9 Å². The molecule has 126 valence electrons. The summed E-state index contributed by atoms with van der Waals surface area (Å²) < 4.78 is 5.37. The number of likely N-dealkylation sites (tertiary alicyclic amines) is 1. The Bertz CT molecular complexity index is 599. The Labute approximate surface area is 136 Å². The molecule has 2 rings (SSSR count). The molecule has 0 atom stereocenters. The molecular formula is C17H24N2O4. The first kappa shape index (κ1) is 17.1. The monoisotopic (exact) mass is 320 g/mol. The molecule has 0 unspecified atom stereocenters. The van der Waals surface area contributed by atoms with Crippen LogP contribution in [-0.4, -0.2) is 40.7 Å². The minimum Gasteiger partial charge on any atom is -0.508 e. The molecule has 0 aromatic heterocycles. The number of rotatable bonds is 2. The molecule has 23 heavy (non-hydrogen) atoms. The molecule has 3 N–H and O–H groups in total. The second-order valence-corrected chi connectivity index (χ2v) is 6.88. The molecular weight excluding hydrogens is 296 g/mol. The van der Waals surface area contributed by atoms with Crippen LogP contribution in [0.2, 0.25) is 0 Å². The van der Waals surface area contributed by atoms with Gasteiger partial charge in [0.15, 0.2) is 0 Å². The van der Waals surface area contributed by atoms with Crippen LogP contribution in [-0.2, 0) is 4.74 Å². The van der Waals surface area contributed by atoms with Gasteiger partial charge in [0.2, 0.25) is 5.91 Å². The molecule has 1 aromatic rings. The van der Waals surface area contributed by atoms with E-state index in [-0.39, 0.29) is 23.3 Å². The Balaban J connectivity index is 1.99. The minimum absolute atomic E-state index is 0.0806. The third kappa shape index (κ3) is 4.37. The molecule has 1 fully saturated rings. The first-order chi connectivity index (χ1) is 10.7. The number of carbonyl (C=O) groups is 2. The van der Waals surface area contributed by atoms with E-state index in [0.29, 0.717) is 13.1 Å². The summed E-state index contributed by atoms with van der Waals surface area (Å²) >= 11 is 0. The molecule has 6 heteroatoms. The molecule has 1 saturated heterocycles. The Kier molecular flexibility index (Phi) is 4.82. The van der Waals surface area contributed by atoms with Crippen LogP contribution < -0.4 is 5.73 Å². The molecule has 0 bridgehead atoms. The van der Waals surface area contributed by atoms with Gasteiger partial charge in [-0.15, -0.1) is 0 Å². The summed E-state index contributed by atoms with van der Waals surface area (Å²) in [5.41, 5.74) is 5.78. The largest absolute Gasteiger partial charge is 0.508 e. The summed E-state index contributed by atoms with van der Waals surface area (Å²) in [4.78, 5) is 24.9. The van der Waals surface area contributed by atoms with Gasteiger partial charge in [-0.25, -0.2) is 4.79 Å². The lowest BCUT2D eigenvalue weighted by molar-refractivity contribution is 0.0204. The third-order valence-electron chi connectivity index (χ3n) is 3.90. The van der Waals surface area contributed by atoms with E-state index < -0.39 is 11.5 Å². The lowest BCUT2D eigenvalue weighted by atomic mass is 9.88. The smallest absolute Gasteiger partial charge is 0.410 e. The average molecular weight is 320 g/mol. The molecule has 0 radical (unpaired) electrons. The van der Waals surface area contributed by atoms with Gasteiger partial charge in [-0.3, -0.25) is 4.79 Å². The van der Waals surface area contributed by atoms with Crippen molar-refractivity contribution in [3.05, 3.63) is 29.3 Å². The van der Waals surface area contributed by atoms with E-state index in [1.165, 1.54) is 6.07 Å². The normalized spacial score (nSPS) is 16.2. The Morgan fingerprint density at radius 3 is 2.35 bits per heavy atom. The molecule has 0 aliphatic carbocycles. The maximum Gasteiger partial charge on any atom is 0.410 e. The van der Waals surface area contributed by atoms with Crippen molar-refractivity contribution >= 4 is 12.0 Å². The molecule has 6 nitrogen and oxygen atoms in total. The maximum atomic E-state index is 12.0. The van der Waals surface area contributed by atoms with Gasteiger partial charge >= 0.3 is 6.09 Å². The van der Waals surface area contributed by atoms with Gasteiger partial charge in [0.05, 0.1) is 0 Å². The van der Waals surface area contributed by atoms with Crippen LogP contribution in [0.3, 0.4) is 0 Å². The summed E-state index contributed by atoms with van der Waals surface area (Å²) in [7, 11) is 0. The number of amides is 2. The summed E-state index contributed by atoms with van der Waals surface area (Å²) in [5, 5.41) is 10.1. The van der Waals surface area contributed by atoms with E-state index in [4.69, 9.17) is 10.5 Å². The summed E-state index contributed by atoms with van der Waals surface area (Å²) in [6.45, 7) is 6.69. The van der Waals surface area contributed by atoms with Crippen LogP contribution in [0.1, 0.15) is 55.5 Å². The maximum absolute atomic E-state index is 12.0. The molecule has 1 aliphatic heterocycles. The van der Waals surface area contributed by atoms with Crippen LogP contribution in [0.5, 0.6) is 5.75 Å². The SMILES string of the molecule is CC(C)(C)OC(=O)N1CCC(c2ccc(C(N)=O)cc2O)CC1. The quantitative estimate of drug-likeness (QED) is 0.876. The van der Waals surface area contributed by atoms with Crippen molar-refractivity contribution in [1.82, 2.24) is 4.90 Å². The van der Waals surface area contributed by atoms with Gasteiger partial charge in [-0.05, 0) is 57.2 Å². The number of nitrogens with two attached hydrogens (primary N) is 1. The molecule has 1 aliphatic rings. The lowest BCUT2D eigenvalue weighted by Crippen LogP contribution is -2.41. The molecule has 0 spiro atoms. The minimum atomic E-state index is -0.563. The van der Waals surface area contributed by atoms with Gasteiger partial charge in [-0.1, -0.05) is 6.07 Å². The van der Waals surface area contributed by atoms with E-state index in [1.807, 2.05) is 20.8 Å². The number of phenols is 1. The standard InChI is InChI=1S/C17H24N2O4/c1-17(2,3)23-16(22)19-8-6-11(7-9-19)13-5-4-12(15(18)21)10-14(13)20/h4-5,10-11,20H,6-9H2,1-3H3,(H2,18,21). The third-order valence-corrected chi connectivity index (χ3v) is 3.90. The number of carbonyl (C=O) groups excluding carboxylic acids is 2. The number of hydrogen-bond acceptors (Lipinski definition) is 4. The first-order valence-corrected chi connectivity index (χ1v) is 7.78. The Hall–Kier alpha value is -2.24. The summed E-state index contributed by atoms with van der Waals surface area (Å²) in [5.74, 6) is -0.334. The summed E-state index contributed by atoms with van der Waals surface area (Å²) in [6.07, 6.45) is 1.18. The van der Waals surface area contributed by atoms with Crippen LogP contribution in [0, 0.1) is 0 Å². The van der Waals surface area contributed by atoms with Crippen molar-refractivity contribution < 1.29 is 19.4 Å². The van der Waals surface area contributed by atoms with Crippen molar-refractivity contribution in [2.45, 2.75) is 45.1 Å². The Morgan fingerprint density at radius 1 is 1.26 bits per heavy atom. The number of nitrogens with zero attached hydrogens (tertiary/aromatic N) is 1. The highest BCUT2D eigenvalue weighted by atomic mass is 16.6. The zero-order chi connectivity index (χ0) is 17.2. The molecule has 1 heterocycles. The van der Waals surface area contributed by atoms with E-state index in [1.54, 1.807) is 17.0 Å². The van der Waals surface area contributed by atoms with Crippen molar-refractivity contribution in [3.63, 3.8) is 0 Å². The molecule has 2 amide bonds. The fraction of sp³-hybridized carbons (Fsp3) is 0.529. The lowest BCUT2D eigenvalue weighted by Gasteiger charge is -2.33. The second kappa shape index (κ2) is 6.48. The number of phenolic OH excluding ortho intramolecular Hbond substituents is 1. The van der Waals surface area contributed by atoms with Gasteiger partial charge in [0.25, 0.3) is 0 Å². The van der Waals surface area contributed by atoms with E-state index in [9.17, 15) is 14.7 Å². The fourth-order valence-corrected chi connectivity index (χ4v) is 2.74. The van der Waals surface area contributed by atoms with Crippen LogP contribution in [0.4, 0.5) is 4.79 Å². The van der Waals surface area contributed by atoms with Crippen LogP contribution in [0.25, 0.3) is 0 Å². The highest BCUT2D eigenvalue weighted by molar-refractivity contribution is 5.93. The number of primary amides is 1. The number of hydrogen-bond donors (Lipinski definition) is 2. The van der Waals surface area contributed by atoms with Gasteiger partial charge in [0.1, 0.15) is 11.4 Å². The second-order valence-electron chi connectivity index (χ2n) is 6.88. The van der Waals surface area contributed by atoms with Crippen LogP contribution >= 0.6 is 0 Å². The zero-order valence-electron chi connectivity index (χ0n) is 13.8. The van der Waals surface area contributed by atoms with E-state index >= 15 is 0 Å². The Morgan fingerprint density at radius 2 is 1.87 bits per heavy atom. The van der Waals surface area contributed by atoms with Crippen molar-refractivity contribution in [2.24, 2.45) is 5.73 Å². The number of benzene rings is 1. The fourth-order valence-electron chi connectivity index (χ4n) is 2.74. The zero-order valence-corrected chi connectivity index (χ0v) is 13.8. The predicted molar refractivity (Wildman–Crippen MR) is 86.4 cm³/mol. The van der Waals surface area contributed by atoms with Crippen molar-refractivity contribution in [2.75, 3.05) is 13.1 Å². The van der Waals surface area contributed by atoms with E-state index in [2.05, 4.69) is 0 Å². The molecule has 1 aromatic carbocycles. The van der Waals surface area contributed by atoms with E-state index in [0.717, 1.165) is 18.4 Å².